The zero-order chi connectivity index (χ0) is 14.1. The van der Waals surface area contributed by atoms with E-state index in [4.69, 9.17) is 5.26 Å². The van der Waals surface area contributed by atoms with Crippen LogP contribution in [-0.4, -0.2) is 12.6 Å². The van der Waals surface area contributed by atoms with Crippen LogP contribution in [0.25, 0.3) is 0 Å². The number of hydrogen-bond acceptors (Lipinski definition) is 2. The lowest BCUT2D eigenvalue weighted by Crippen LogP contribution is -2.29. The summed E-state index contributed by atoms with van der Waals surface area (Å²) in [5.41, 5.74) is 1.21. The number of nitrogens with zero attached hydrogens (tertiary/aromatic N) is 1. The number of nitriles is 1. The van der Waals surface area contributed by atoms with Gasteiger partial charge in [-0.2, -0.15) is 5.26 Å². The monoisotopic (exact) mass is 258 g/mol. The predicted octanol–water partition coefficient (Wildman–Crippen LogP) is 3.93. The van der Waals surface area contributed by atoms with Crippen molar-refractivity contribution in [2.24, 2.45) is 5.41 Å². The molecule has 104 valence electrons. The first-order valence-electron chi connectivity index (χ1n) is 7.22. The third-order valence-corrected chi connectivity index (χ3v) is 3.41. The Bertz CT molecular complexity index is 389. The van der Waals surface area contributed by atoms with Gasteiger partial charge in [0.05, 0.1) is 11.5 Å². The van der Waals surface area contributed by atoms with Crippen molar-refractivity contribution in [1.82, 2.24) is 5.32 Å². The van der Waals surface area contributed by atoms with Gasteiger partial charge in [-0.15, -0.1) is 0 Å². The third kappa shape index (κ3) is 6.98. The highest BCUT2D eigenvalue weighted by molar-refractivity contribution is 5.15. The summed E-state index contributed by atoms with van der Waals surface area (Å²) in [7, 11) is 0. The molecule has 0 aliphatic carbocycles. The molecule has 0 saturated heterocycles. The highest BCUT2D eigenvalue weighted by Gasteiger charge is 2.15. The fourth-order valence-electron chi connectivity index (χ4n) is 2.14. The largest absolute Gasteiger partial charge is 0.314 e. The average molecular weight is 258 g/mol. The molecular weight excluding hydrogens is 232 g/mol. The molecule has 0 bridgehead atoms. The molecule has 19 heavy (non-hydrogen) atoms. The van der Waals surface area contributed by atoms with Crippen molar-refractivity contribution in [2.75, 3.05) is 6.54 Å². The van der Waals surface area contributed by atoms with Gasteiger partial charge in [0.2, 0.25) is 0 Å². The van der Waals surface area contributed by atoms with Crippen LogP contribution < -0.4 is 5.32 Å². The number of benzene rings is 1. The Balaban J connectivity index is 2.11. The standard InChI is InChI=1S/C17H26N2/c1-15(13-16-9-5-4-6-10-16)19-12-8-7-11-17(2,3)14-18/h4-6,9-10,15,19H,7-8,11-13H2,1-3H3. The molecule has 0 aromatic heterocycles. The van der Waals surface area contributed by atoms with Gasteiger partial charge in [-0.05, 0) is 52.1 Å². The molecule has 1 aromatic rings. The lowest BCUT2D eigenvalue weighted by Gasteiger charge is -2.16. The van der Waals surface area contributed by atoms with Gasteiger partial charge in [0.25, 0.3) is 0 Å². The summed E-state index contributed by atoms with van der Waals surface area (Å²) in [5, 5.41) is 12.5. The Hall–Kier alpha value is -1.33. The van der Waals surface area contributed by atoms with Crippen LogP contribution in [0.4, 0.5) is 0 Å². The molecular formula is C17H26N2. The van der Waals surface area contributed by atoms with Gasteiger partial charge in [0.15, 0.2) is 0 Å². The van der Waals surface area contributed by atoms with Crippen molar-refractivity contribution in [3.63, 3.8) is 0 Å². The van der Waals surface area contributed by atoms with Crippen molar-refractivity contribution in [1.29, 1.82) is 5.26 Å². The average Bonchev–Trinajstić information content (AvgIpc) is 2.39. The molecule has 2 heteroatoms. The molecule has 0 heterocycles. The molecule has 1 atom stereocenters. The van der Waals surface area contributed by atoms with Gasteiger partial charge in [-0.25, -0.2) is 0 Å². The minimum absolute atomic E-state index is 0.171. The van der Waals surface area contributed by atoms with E-state index in [0.717, 1.165) is 32.2 Å². The van der Waals surface area contributed by atoms with Crippen molar-refractivity contribution >= 4 is 0 Å². The van der Waals surface area contributed by atoms with Gasteiger partial charge >= 0.3 is 0 Å². The molecule has 0 aliphatic heterocycles. The normalized spacial score (nSPS) is 12.9. The second-order valence-electron chi connectivity index (χ2n) is 6.00. The molecule has 2 nitrogen and oxygen atoms in total. The first kappa shape index (κ1) is 15.7. The van der Waals surface area contributed by atoms with Crippen molar-refractivity contribution in [3.8, 4) is 6.07 Å². The maximum Gasteiger partial charge on any atom is 0.0683 e. The molecule has 0 saturated carbocycles. The fraction of sp³-hybridized carbons (Fsp3) is 0.588. The summed E-state index contributed by atoms with van der Waals surface area (Å²) in [4.78, 5) is 0. The van der Waals surface area contributed by atoms with Crippen LogP contribution in [0.1, 0.15) is 45.6 Å². The lowest BCUT2D eigenvalue weighted by molar-refractivity contribution is 0.416. The number of rotatable bonds is 8. The van der Waals surface area contributed by atoms with Crippen LogP contribution in [0.2, 0.25) is 0 Å². The van der Waals surface area contributed by atoms with E-state index in [1.165, 1.54) is 5.56 Å². The predicted molar refractivity (Wildman–Crippen MR) is 80.9 cm³/mol. The van der Waals surface area contributed by atoms with E-state index in [9.17, 15) is 0 Å². The van der Waals surface area contributed by atoms with E-state index in [-0.39, 0.29) is 5.41 Å². The van der Waals surface area contributed by atoms with Gasteiger partial charge < -0.3 is 5.32 Å². The van der Waals surface area contributed by atoms with Crippen LogP contribution in [0.3, 0.4) is 0 Å². The van der Waals surface area contributed by atoms with Crippen LogP contribution in [0, 0.1) is 16.7 Å². The van der Waals surface area contributed by atoms with Crippen LogP contribution >= 0.6 is 0 Å². The molecule has 1 N–H and O–H groups in total. The van der Waals surface area contributed by atoms with E-state index in [1.807, 2.05) is 13.8 Å². The summed E-state index contributed by atoms with van der Waals surface area (Å²) in [6.07, 6.45) is 4.32. The summed E-state index contributed by atoms with van der Waals surface area (Å²) >= 11 is 0. The molecule has 0 fully saturated rings. The molecule has 1 unspecified atom stereocenters. The maximum absolute atomic E-state index is 8.94. The van der Waals surface area contributed by atoms with Crippen LogP contribution in [0.15, 0.2) is 30.3 Å². The second kappa shape index (κ2) is 7.96. The van der Waals surface area contributed by atoms with Crippen LogP contribution in [-0.2, 0) is 6.42 Å². The van der Waals surface area contributed by atoms with E-state index >= 15 is 0 Å². The second-order valence-corrected chi connectivity index (χ2v) is 6.00. The van der Waals surface area contributed by atoms with E-state index < -0.39 is 0 Å². The smallest absolute Gasteiger partial charge is 0.0683 e. The minimum atomic E-state index is -0.171. The molecule has 1 aromatic carbocycles. The summed E-state index contributed by atoms with van der Waals surface area (Å²) in [6, 6.07) is 13.4. The van der Waals surface area contributed by atoms with Gasteiger partial charge in [0, 0.05) is 6.04 Å². The molecule has 0 spiro atoms. The maximum atomic E-state index is 8.94. The summed E-state index contributed by atoms with van der Waals surface area (Å²) in [5.74, 6) is 0. The molecule has 0 aliphatic rings. The van der Waals surface area contributed by atoms with E-state index in [1.54, 1.807) is 0 Å². The summed E-state index contributed by atoms with van der Waals surface area (Å²) < 4.78 is 0. The Morgan fingerprint density at radius 1 is 1.21 bits per heavy atom. The van der Waals surface area contributed by atoms with Crippen molar-refractivity contribution < 1.29 is 0 Å². The molecule has 1 rings (SSSR count). The highest BCUT2D eigenvalue weighted by atomic mass is 14.9. The zero-order valence-corrected chi connectivity index (χ0v) is 12.4. The topological polar surface area (TPSA) is 35.8 Å². The fourth-order valence-corrected chi connectivity index (χ4v) is 2.14. The molecule has 0 amide bonds. The number of unbranched alkanes of at least 4 members (excludes halogenated alkanes) is 1. The van der Waals surface area contributed by atoms with Crippen molar-refractivity contribution in [3.05, 3.63) is 35.9 Å². The van der Waals surface area contributed by atoms with E-state index in [2.05, 4.69) is 48.6 Å². The third-order valence-electron chi connectivity index (χ3n) is 3.41. The zero-order valence-electron chi connectivity index (χ0n) is 12.4. The Morgan fingerprint density at radius 2 is 1.89 bits per heavy atom. The Morgan fingerprint density at radius 3 is 2.53 bits per heavy atom. The number of hydrogen-bond donors (Lipinski definition) is 1. The van der Waals surface area contributed by atoms with Gasteiger partial charge in [-0.3, -0.25) is 0 Å². The minimum Gasteiger partial charge on any atom is -0.314 e. The highest BCUT2D eigenvalue weighted by Crippen LogP contribution is 2.21. The van der Waals surface area contributed by atoms with Crippen LogP contribution in [0.5, 0.6) is 0 Å². The molecule has 0 radical (unpaired) electrons. The summed E-state index contributed by atoms with van der Waals surface area (Å²) in [6.45, 7) is 7.29. The first-order valence-corrected chi connectivity index (χ1v) is 7.22. The first-order chi connectivity index (χ1) is 9.03. The van der Waals surface area contributed by atoms with Gasteiger partial charge in [0.1, 0.15) is 0 Å². The lowest BCUT2D eigenvalue weighted by atomic mass is 9.89. The SMILES string of the molecule is CC(Cc1ccccc1)NCCCCC(C)(C)C#N. The Kier molecular flexibility index (Phi) is 6.59. The van der Waals surface area contributed by atoms with Crippen molar-refractivity contribution in [2.45, 2.75) is 52.5 Å². The number of nitrogens with one attached hydrogen (secondary N) is 1. The Labute approximate surface area is 117 Å². The quantitative estimate of drug-likeness (QED) is 0.717. The van der Waals surface area contributed by atoms with Gasteiger partial charge in [-0.1, -0.05) is 36.8 Å². The van der Waals surface area contributed by atoms with E-state index in [0.29, 0.717) is 6.04 Å².